The highest BCUT2D eigenvalue weighted by Gasteiger charge is 2.07. The Hall–Kier alpha value is -0.0800. The second-order valence-corrected chi connectivity index (χ2v) is 4.82. The number of nitrogens with one attached hydrogen (secondary N) is 1. The lowest BCUT2D eigenvalue weighted by atomic mass is 10.1. The second kappa shape index (κ2) is 9.17. The van der Waals surface area contributed by atoms with Crippen molar-refractivity contribution in [2.24, 2.45) is 5.92 Å². The topological polar surface area (TPSA) is 21.3 Å². The van der Waals surface area contributed by atoms with E-state index in [1.165, 1.54) is 12.8 Å². The minimum atomic E-state index is 0.393. The van der Waals surface area contributed by atoms with Crippen LogP contribution in [0.3, 0.4) is 0 Å². The van der Waals surface area contributed by atoms with Gasteiger partial charge in [0.25, 0.3) is 0 Å². The first-order valence-electron chi connectivity index (χ1n) is 6.42. The van der Waals surface area contributed by atoms with Gasteiger partial charge in [0.15, 0.2) is 0 Å². The summed E-state index contributed by atoms with van der Waals surface area (Å²) in [4.78, 5) is 0. The van der Waals surface area contributed by atoms with E-state index in [1.807, 2.05) is 0 Å². The van der Waals surface area contributed by atoms with Gasteiger partial charge in [-0.25, -0.2) is 0 Å². The van der Waals surface area contributed by atoms with Crippen LogP contribution in [-0.4, -0.2) is 25.3 Å². The zero-order valence-corrected chi connectivity index (χ0v) is 11.2. The molecule has 0 aromatic rings. The molecule has 2 unspecified atom stereocenters. The SMILES string of the molecule is CCCNC(C)CCCOC(C)C(C)C. The van der Waals surface area contributed by atoms with Crippen molar-refractivity contribution in [2.75, 3.05) is 13.2 Å². The van der Waals surface area contributed by atoms with E-state index in [4.69, 9.17) is 4.74 Å². The normalized spacial score (nSPS) is 15.6. The summed E-state index contributed by atoms with van der Waals surface area (Å²) in [5.74, 6) is 0.626. The third kappa shape index (κ3) is 8.88. The zero-order chi connectivity index (χ0) is 11.7. The molecule has 2 nitrogen and oxygen atoms in total. The van der Waals surface area contributed by atoms with Crippen molar-refractivity contribution in [3.8, 4) is 0 Å². The third-order valence-electron chi connectivity index (χ3n) is 2.84. The van der Waals surface area contributed by atoms with Crippen LogP contribution in [0.5, 0.6) is 0 Å². The van der Waals surface area contributed by atoms with Crippen LogP contribution in [0.2, 0.25) is 0 Å². The van der Waals surface area contributed by atoms with Crippen molar-refractivity contribution in [1.82, 2.24) is 5.32 Å². The molecule has 0 aliphatic rings. The summed E-state index contributed by atoms with van der Waals surface area (Å²) in [6.07, 6.45) is 3.98. The quantitative estimate of drug-likeness (QED) is 0.596. The molecule has 0 aromatic carbocycles. The van der Waals surface area contributed by atoms with Gasteiger partial charge in [-0.05, 0) is 45.6 Å². The molecule has 0 spiro atoms. The monoisotopic (exact) mass is 215 g/mol. The Morgan fingerprint density at radius 3 is 2.33 bits per heavy atom. The van der Waals surface area contributed by atoms with E-state index < -0.39 is 0 Å². The van der Waals surface area contributed by atoms with Crippen LogP contribution in [-0.2, 0) is 4.74 Å². The minimum Gasteiger partial charge on any atom is -0.378 e. The Morgan fingerprint density at radius 1 is 1.13 bits per heavy atom. The highest BCUT2D eigenvalue weighted by Crippen LogP contribution is 2.06. The maximum Gasteiger partial charge on any atom is 0.0569 e. The van der Waals surface area contributed by atoms with Crippen LogP contribution in [0.15, 0.2) is 0 Å². The van der Waals surface area contributed by atoms with E-state index in [0.717, 1.165) is 19.6 Å². The fraction of sp³-hybridized carbons (Fsp3) is 1.00. The van der Waals surface area contributed by atoms with E-state index >= 15 is 0 Å². The van der Waals surface area contributed by atoms with E-state index in [-0.39, 0.29) is 0 Å². The Kier molecular flexibility index (Phi) is 9.12. The van der Waals surface area contributed by atoms with Crippen molar-refractivity contribution in [3.63, 3.8) is 0 Å². The van der Waals surface area contributed by atoms with E-state index in [9.17, 15) is 0 Å². The van der Waals surface area contributed by atoms with Gasteiger partial charge in [0.2, 0.25) is 0 Å². The van der Waals surface area contributed by atoms with Gasteiger partial charge in [-0.3, -0.25) is 0 Å². The minimum absolute atomic E-state index is 0.393. The molecule has 0 rings (SSSR count). The first-order valence-corrected chi connectivity index (χ1v) is 6.42. The van der Waals surface area contributed by atoms with Crippen molar-refractivity contribution < 1.29 is 4.74 Å². The summed E-state index contributed by atoms with van der Waals surface area (Å²) in [5, 5.41) is 3.49. The number of ether oxygens (including phenoxy) is 1. The average molecular weight is 215 g/mol. The molecule has 0 aliphatic heterocycles. The van der Waals surface area contributed by atoms with E-state index in [1.54, 1.807) is 0 Å². The van der Waals surface area contributed by atoms with Gasteiger partial charge >= 0.3 is 0 Å². The lowest BCUT2D eigenvalue weighted by Crippen LogP contribution is -2.27. The van der Waals surface area contributed by atoms with Gasteiger partial charge in [0, 0.05) is 12.6 Å². The zero-order valence-electron chi connectivity index (χ0n) is 11.2. The lowest BCUT2D eigenvalue weighted by molar-refractivity contribution is 0.0325. The first kappa shape index (κ1) is 14.9. The molecular weight excluding hydrogens is 186 g/mol. The molecule has 0 amide bonds. The lowest BCUT2D eigenvalue weighted by Gasteiger charge is -2.17. The molecule has 0 aliphatic carbocycles. The first-order chi connectivity index (χ1) is 7.07. The highest BCUT2D eigenvalue weighted by atomic mass is 16.5. The molecule has 0 heterocycles. The molecule has 0 saturated heterocycles. The standard InChI is InChI=1S/C13H29NO/c1-6-9-14-12(4)8-7-10-15-13(5)11(2)3/h11-14H,6-10H2,1-5H3. The van der Waals surface area contributed by atoms with Crippen molar-refractivity contribution >= 4 is 0 Å². The summed E-state index contributed by atoms with van der Waals surface area (Å²) >= 11 is 0. The van der Waals surface area contributed by atoms with Crippen molar-refractivity contribution in [1.29, 1.82) is 0 Å². The van der Waals surface area contributed by atoms with Gasteiger partial charge in [-0.2, -0.15) is 0 Å². The van der Waals surface area contributed by atoms with Crippen LogP contribution in [0.4, 0.5) is 0 Å². The van der Waals surface area contributed by atoms with Crippen LogP contribution < -0.4 is 5.32 Å². The summed E-state index contributed by atoms with van der Waals surface area (Å²) in [5.41, 5.74) is 0. The molecular formula is C13H29NO. The molecule has 92 valence electrons. The highest BCUT2D eigenvalue weighted by molar-refractivity contribution is 4.60. The molecule has 15 heavy (non-hydrogen) atoms. The Balaban J connectivity index is 3.30. The summed E-state index contributed by atoms with van der Waals surface area (Å²) in [6, 6.07) is 0.628. The Morgan fingerprint density at radius 2 is 1.80 bits per heavy atom. The van der Waals surface area contributed by atoms with Gasteiger partial charge in [0.1, 0.15) is 0 Å². The Bertz CT molecular complexity index is 136. The average Bonchev–Trinajstić information content (AvgIpc) is 2.20. The molecule has 0 bridgehead atoms. The molecule has 0 radical (unpaired) electrons. The molecule has 1 N–H and O–H groups in total. The van der Waals surface area contributed by atoms with Crippen molar-refractivity contribution in [3.05, 3.63) is 0 Å². The van der Waals surface area contributed by atoms with E-state index in [0.29, 0.717) is 18.1 Å². The molecule has 0 fully saturated rings. The number of hydrogen-bond donors (Lipinski definition) is 1. The van der Waals surface area contributed by atoms with Crippen LogP contribution in [0.25, 0.3) is 0 Å². The number of hydrogen-bond acceptors (Lipinski definition) is 2. The van der Waals surface area contributed by atoms with Crippen LogP contribution in [0.1, 0.15) is 53.9 Å². The van der Waals surface area contributed by atoms with Crippen LogP contribution >= 0.6 is 0 Å². The largest absolute Gasteiger partial charge is 0.378 e. The Labute approximate surface area is 95.8 Å². The summed E-state index contributed by atoms with van der Waals surface area (Å²) in [6.45, 7) is 13.0. The molecule has 2 atom stereocenters. The fourth-order valence-electron chi connectivity index (χ4n) is 1.34. The maximum absolute atomic E-state index is 5.73. The molecule has 0 aromatic heterocycles. The molecule has 2 heteroatoms. The van der Waals surface area contributed by atoms with Crippen LogP contribution in [0, 0.1) is 5.92 Å². The predicted octanol–water partition coefficient (Wildman–Crippen LogP) is 3.22. The van der Waals surface area contributed by atoms with E-state index in [2.05, 4.69) is 39.9 Å². The summed E-state index contributed by atoms with van der Waals surface area (Å²) in [7, 11) is 0. The number of rotatable bonds is 9. The van der Waals surface area contributed by atoms with Gasteiger partial charge in [-0.15, -0.1) is 0 Å². The third-order valence-corrected chi connectivity index (χ3v) is 2.84. The maximum atomic E-state index is 5.73. The summed E-state index contributed by atoms with van der Waals surface area (Å²) < 4.78 is 5.73. The smallest absolute Gasteiger partial charge is 0.0569 e. The van der Waals surface area contributed by atoms with Gasteiger partial charge in [-0.1, -0.05) is 20.8 Å². The van der Waals surface area contributed by atoms with Crippen molar-refractivity contribution in [2.45, 2.75) is 66.0 Å². The second-order valence-electron chi connectivity index (χ2n) is 4.82. The van der Waals surface area contributed by atoms with Gasteiger partial charge < -0.3 is 10.1 Å². The van der Waals surface area contributed by atoms with Gasteiger partial charge in [0.05, 0.1) is 6.10 Å². The predicted molar refractivity (Wildman–Crippen MR) is 67.2 cm³/mol. The fourth-order valence-corrected chi connectivity index (χ4v) is 1.34. The molecule has 0 saturated carbocycles.